The first-order valence-electron chi connectivity index (χ1n) is 5.81. The Morgan fingerprint density at radius 1 is 1.27 bits per heavy atom. The van der Waals surface area contributed by atoms with Gasteiger partial charge in [-0.2, -0.15) is 0 Å². The topological polar surface area (TPSA) is 29.5 Å². The first-order chi connectivity index (χ1) is 6.81. The van der Waals surface area contributed by atoms with Gasteiger partial charge in [0.25, 0.3) is 0 Å². The lowest BCUT2D eigenvalue weighted by atomic mass is 9.93. The summed E-state index contributed by atoms with van der Waals surface area (Å²) in [4.78, 5) is 13.3. The number of nitrogens with zero attached hydrogens (tertiary/aromatic N) is 1. The molecule has 90 valence electrons. The van der Waals surface area contributed by atoms with Gasteiger partial charge in [0.15, 0.2) is 0 Å². The highest BCUT2D eigenvalue weighted by Gasteiger charge is 2.37. The fraction of sp³-hybridized carbons (Fsp3) is 0.917. The molecule has 2 atom stereocenters. The third kappa shape index (κ3) is 4.10. The molecular formula is C12H25NO2. The van der Waals surface area contributed by atoms with E-state index in [0.29, 0.717) is 12.0 Å². The van der Waals surface area contributed by atoms with Crippen LogP contribution in [-0.4, -0.2) is 29.2 Å². The van der Waals surface area contributed by atoms with Gasteiger partial charge in [0.05, 0.1) is 0 Å². The summed E-state index contributed by atoms with van der Waals surface area (Å²) < 4.78 is 5.25. The molecule has 3 nitrogen and oxygen atoms in total. The quantitative estimate of drug-likeness (QED) is 0.620. The molecule has 0 radical (unpaired) electrons. The maximum Gasteiger partial charge on any atom is 0.410 e. The van der Waals surface area contributed by atoms with Crippen LogP contribution in [0, 0.1) is 5.92 Å². The number of likely N-dealkylation sites (tertiary alicyclic amines) is 1. The van der Waals surface area contributed by atoms with E-state index in [2.05, 4.69) is 13.8 Å². The predicted molar refractivity (Wildman–Crippen MR) is 62.9 cm³/mol. The number of rotatable bonds is 0. The van der Waals surface area contributed by atoms with Gasteiger partial charge in [0.1, 0.15) is 5.60 Å². The van der Waals surface area contributed by atoms with Crippen LogP contribution in [0.15, 0.2) is 0 Å². The van der Waals surface area contributed by atoms with Crippen LogP contribution in [0.25, 0.3) is 0 Å². The second kappa shape index (κ2) is 5.38. The van der Waals surface area contributed by atoms with Gasteiger partial charge in [-0.15, -0.1) is 0 Å². The largest absolute Gasteiger partial charge is 0.444 e. The molecule has 1 heterocycles. The average molecular weight is 215 g/mol. The van der Waals surface area contributed by atoms with E-state index in [-0.39, 0.29) is 11.7 Å². The van der Waals surface area contributed by atoms with Crippen LogP contribution in [-0.2, 0) is 4.74 Å². The molecule has 1 fully saturated rings. The Bertz CT molecular complexity index is 208. The Labute approximate surface area is 93.8 Å². The molecule has 3 heteroatoms. The molecule has 0 spiro atoms. The van der Waals surface area contributed by atoms with E-state index in [1.165, 1.54) is 0 Å². The van der Waals surface area contributed by atoms with E-state index in [1.54, 1.807) is 4.90 Å². The van der Waals surface area contributed by atoms with Gasteiger partial charge in [-0.1, -0.05) is 20.8 Å². The molecule has 0 aromatic rings. The van der Waals surface area contributed by atoms with Gasteiger partial charge in [-0.05, 0) is 33.6 Å². The molecule has 0 N–H and O–H groups in total. The van der Waals surface area contributed by atoms with Gasteiger partial charge in [-0.25, -0.2) is 4.79 Å². The van der Waals surface area contributed by atoms with Crippen LogP contribution in [0.1, 0.15) is 48.5 Å². The minimum atomic E-state index is -0.379. The highest BCUT2D eigenvalue weighted by atomic mass is 16.6. The van der Waals surface area contributed by atoms with E-state index < -0.39 is 0 Å². The van der Waals surface area contributed by atoms with Gasteiger partial charge in [0.2, 0.25) is 0 Å². The number of hydrogen-bond donors (Lipinski definition) is 0. The molecule has 1 rings (SSSR count). The summed E-state index contributed by atoms with van der Waals surface area (Å²) in [6, 6.07) is 0.329. The van der Waals surface area contributed by atoms with Crippen molar-refractivity contribution < 1.29 is 9.53 Å². The fourth-order valence-corrected chi connectivity index (χ4v) is 1.36. The lowest BCUT2D eigenvalue weighted by Gasteiger charge is -2.44. The zero-order chi connectivity index (χ0) is 12.2. The molecule has 2 unspecified atom stereocenters. The molecule has 1 saturated heterocycles. The first-order valence-corrected chi connectivity index (χ1v) is 5.81. The molecule has 1 aliphatic rings. The third-order valence-corrected chi connectivity index (χ3v) is 2.43. The van der Waals surface area contributed by atoms with E-state index >= 15 is 0 Å². The standard InChI is InChI=1S/C10H19NO2.C2H6/c1-7-6-11(8(7)2)9(12)13-10(3,4)5;1-2/h7-8H,6H2,1-5H3;1-2H3. The van der Waals surface area contributed by atoms with Crippen molar-refractivity contribution in [3.8, 4) is 0 Å². The normalized spacial score (nSPS) is 24.9. The zero-order valence-electron chi connectivity index (χ0n) is 11.1. The summed E-state index contributed by atoms with van der Waals surface area (Å²) >= 11 is 0. The van der Waals surface area contributed by atoms with Crippen LogP contribution < -0.4 is 0 Å². The molecule has 0 aliphatic carbocycles. The van der Waals surface area contributed by atoms with Crippen molar-refractivity contribution in [3.05, 3.63) is 0 Å². The Kier molecular flexibility index (Phi) is 5.12. The summed E-state index contributed by atoms with van der Waals surface area (Å²) in [5.74, 6) is 0.604. The highest BCUT2D eigenvalue weighted by Crippen LogP contribution is 2.25. The van der Waals surface area contributed by atoms with Crippen LogP contribution >= 0.6 is 0 Å². The van der Waals surface area contributed by atoms with Crippen molar-refractivity contribution >= 4 is 6.09 Å². The van der Waals surface area contributed by atoms with Crippen molar-refractivity contribution in [2.75, 3.05) is 6.54 Å². The first kappa shape index (κ1) is 14.3. The predicted octanol–water partition coefficient (Wildman–Crippen LogP) is 3.29. The Hall–Kier alpha value is -0.730. The van der Waals surface area contributed by atoms with Crippen LogP contribution in [0.3, 0.4) is 0 Å². The maximum atomic E-state index is 11.5. The van der Waals surface area contributed by atoms with Crippen LogP contribution in [0.4, 0.5) is 4.79 Å². The number of ether oxygens (including phenoxy) is 1. The molecule has 0 bridgehead atoms. The summed E-state index contributed by atoms with van der Waals surface area (Å²) in [6.07, 6.45) is -0.182. The smallest absolute Gasteiger partial charge is 0.410 e. The van der Waals surface area contributed by atoms with Gasteiger partial charge < -0.3 is 9.64 Å². The van der Waals surface area contributed by atoms with Crippen molar-refractivity contribution in [2.24, 2.45) is 5.92 Å². The van der Waals surface area contributed by atoms with Crippen molar-refractivity contribution in [2.45, 2.75) is 60.1 Å². The number of amides is 1. The van der Waals surface area contributed by atoms with Crippen molar-refractivity contribution in [1.82, 2.24) is 4.90 Å². The molecule has 0 saturated carbocycles. The summed E-state index contributed by atoms with van der Waals surface area (Å²) in [5, 5.41) is 0. The lowest BCUT2D eigenvalue weighted by Crippen LogP contribution is -2.57. The fourth-order valence-electron chi connectivity index (χ4n) is 1.36. The van der Waals surface area contributed by atoms with E-state index in [9.17, 15) is 4.79 Å². The van der Waals surface area contributed by atoms with Crippen LogP contribution in [0.5, 0.6) is 0 Å². The molecule has 1 aliphatic heterocycles. The molecule has 0 aromatic carbocycles. The lowest BCUT2D eigenvalue weighted by molar-refractivity contribution is -0.0208. The van der Waals surface area contributed by atoms with E-state index in [0.717, 1.165) is 6.54 Å². The summed E-state index contributed by atoms with van der Waals surface area (Å²) in [5.41, 5.74) is -0.379. The van der Waals surface area contributed by atoms with Crippen LogP contribution in [0.2, 0.25) is 0 Å². The SMILES string of the molecule is CC.CC1CN(C(=O)OC(C)(C)C)C1C. The third-order valence-electron chi connectivity index (χ3n) is 2.43. The maximum absolute atomic E-state index is 11.5. The summed E-state index contributed by atoms with van der Waals surface area (Å²) in [7, 11) is 0. The Morgan fingerprint density at radius 3 is 2.00 bits per heavy atom. The molecule has 15 heavy (non-hydrogen) atoms. The minimum absolute atomic E-state index is 0.182. The zero-order valence-corrected chi connectivity index (χ0v) is 11.1. The summed E-state index contributed by atoms with van der Waals surface area (Å²) in [6.45, 7) is 14.7. The number of carbonyl (C=O) groups is 1. The molecular weight excluding hydrogens is 190 g/mol. The highest BCUT2D eigenvalue weighted by molar-refractivity contribution is 5.69. The van der Waals surface area contributed by atoms with E-state index in [4.69, 9.17) is 4.74 Å². The van der Waals surface area contributed by atoms with Gasteiger partial charge >= 0.3 is 6.09 Å². The minimum Gasteiger partial charge on any atom is -0.444 e. The van der Waals surface area contributed by atoms with Gasteiger partial charge in [0, 0.05) is 12.6 Å². The van der Waals surface area contributed by atoms with Crippen molar-refractivity contribution in [3.63, 3.8) is 0 Å². The number of carbonyl (C=O) groups excluding carboxylic acids is 1. The van der Waals surface area contributed by atoms with Crippen molar-refractivity contribution in [1.29, 1.82) is 0 Å². The van der Waals surface area contributed by atoms with Gasteiger partial charge in [-0.3, -0.25) is 0 Å². The Morgan fingerprint density at radius 2 is 1.73 bits per heavy atom. The van der Waals surface area contributed by atoms with E-state index in [1.807, 2.05) is 34.6 Å². The second-order valence-electron chi connectivity index (χ2n) is 4.85. The molecule has 1 amide bonds. The molecule has 0 aromatic heterocycles. The number of hydrogen-bond acceptors (Lipinski definition) is 2. The Balaban J connectivity index is 0.000000921. The monoisotopic (exact) mass is 215 g/mol. The average Bonchev–Trinajstić information content (AvgIpc) is 2.13. The second-order valence-corrected chi connectivity index (χ2v) is 4.85.